The van der Waals surface area contributed by atoms with E-state index in [1.807, 2.05) is 60.1 Å². The highest BCUT2D eigenvalue weighted by Gasteiger charge is 2.29. The standard InChI is InChI=1S/C30H29ClN6O2S/c1-22-28-29(35-17-8-18-36(20-19-35)40(38,39)26-15-13-24(31)14-16-26)32-27(21-23-9-4-2-5-10-23)33-30(28)37(34-22)25-11-6-3-7-12-25/h2-7,9-16H,8,17-21H2,1H3. The van der Waals surface area contributed by atoms with Crippen molar-refractivity contribution in [2.75, 3.05) is 31.1 Å². The largest absolute Gasteiger partial charge is 0.355 e. The van der Waals surface area contributed by atoms with E-state index in [1.54, 1.807) is 28.6 Å². The first-order valence-corrected chi connectivity index (χ1v) is 15.1. The second-order valence-corrected chi connectivity index (χ2v) is 12.2. The molecule has 0 saturated carbocycles. The quantitative estimate of drug-likeness (QED) is 0.276. The fourth-order valence-corrected chi connectivity index (χ4v) is 6.74. The Morgan fingerprint density at radius 1 is 0.825 bits per heavy atom. The molecule has 0 aliphatic carbocycles. The van der Waals surface area contributed by atoms with Crippen LogP contribution in [0, 0.1) is 6.92 Å². The van der Waals surface area contributed by atoms with Gasteiger partial charge in [-0.15, -0.1) is 0 Å². The van der Waals surface area contributed by atoms with Crippen LogP contribution in [0.3, 0.4) is 0 Å². The van der Waals surface area contributed by atoms with Gasteiger partial charge < -0.3 is 4.90 Å². The molecule has 1 saturated heterocycles. The van der Waals surface area contributed by atoms with E-state index in [-0.39, 0.29) is 4.90 Å². The van der Waals surface area contributed by atoms with Gasteiger partial charge in [0.05, 0.1) is 21.7 Å². The van der Waals surface area contributed by atoms with Crippen LogP contribution in [0.15, 0.2) is 89.8 Å². The number of fused-ring (bicyclic) bond motifs is 1. The molecule has 10 heteroatoms. The third kappa shape index (κ3) is 5.20. The molecule has 0 amide bonds. The summed E-state index contributed by atoms with van der Waals surface area (Å²) in [5, 5.41) is 6.25. The Morgan fingerprint density at radius 2 is 1.52 bits per heavy atom. The average Bonchev–Trinajstić information content (AvgIpc) is 3.12. The number of aryl methyl sites for hydroxylation is 1. The molecule has 0 spiro atoms. The van der Waals surface area contributed by atoms with Crippen LogP contribution >= 0.6 is 11.6 Å². The van der Waals surface area contributed by atoms with Crippen molar-refractivity contribution < 1.29 is 8.42 Å². The van der Waals surface area contributed by atoms with Gasteiger partial charge >= 0.3 is 0 Å². The molecule has 1 aliphatic rings. The summed E-state index contributed by atoms with van der Waals surface area (Å²) in [6.07, 6.45) is 1.24. The highest BCUT2D eigenvalue weighted by molar-refractivity contribution is 7.89. The lowest BCUT2D eigenvalue weighted by Crippen LogP contribution is -2.35. The fraction of sp³-hybridized carbons (Fsp3) is 0.233. The van der Waals surface area contributed by atoms with Gasteiger partial charge in [-0.05, 0) is 55.3 Å². The van der Waals surface area contributed by atoms with Crippen molar-refractivity contribution >= 4 is 38.5 Å². The monoisotopic (exact) mass is 572 g/mol. The van der Waals surface area contributed by atoms with Crippen molar-refractivity contribution in [2.45, 2.75) is 24.7 Å². The molecule has 0 bridgehead atoms. The number of halogens is 1. The maximum atomic E-state index is 13.4. The number of hydrogen-bond acceptors (Lipinski definition) is 6. The topological polar surface area (TPSA) is 84.2 Å². The molecule has 1 fully saturated rings. The molecule has 6 rings (SSSR count). The summed E-state index contributed by atoms with van der Waals surface area (Å²) in [6, 6.07) is 26.5. The lowest BCUT2D eigenvalue weighted by Gasteiger charge is -2.24. The van der Waals surface area contributed by atoms with Crippen LogP contribution < -0.4 is 4.90 Å². The van der Waals surface area contributed by atoms with E-state index in [2.05, 4.69) is 17.0 Å². The number of hydrogen-bond donors (Lipinski definition) is 0. The Balaban J connectivity index is 1.39. The Morgan fingerprint density at radius 3 is 2.25 bits per heavy atom. The number of rotatable bonds is 6. The molecule has 0 atom stereocenters. The highest BCUT2D eigenvalue weighted by Crippen LogP contribution is 2.31. The summed E-state index contributed by atoms with van der Waals surface area (Å²) >= 11 is 5.99. The van der Waals surface area contributed by atoms with Crippen molar-refractivity contribution in [1.82, 2.24) is 24.1 Å². The molecule has 0 unspecified atom stereocenters. The zero-order valence-corrected chi connectivity index (χ0v) is 23.7. The minimum atomic E-state index is -3.64. The lowest BCUT2D eigenvalue weighted by molar-refractivity contribution is 0.433. The normalized spacial score (nSPS) is 14.9. The number of anilines is 1. The van der Waals surface area contributed by atoms with Crippen molar-refractivity contribution in [3.63, 3.8) is 0 Å². The van der Waals surface area contributed by atoms with Gasteiger partial charge in [-0.2, -0.15) is 9.40 Å². The summed E-state index contributed by atoms with van der Waals surface area (Å²) in [5.74, 6) is 1.49. The third-order valence-electron chi connectivity index (χ3n) is 7.14. The summed E-state index contributed by atoms with van der Waals surface area (Å²) in [7, 11) is -3.64. The van der Waals surface area contributed by atoms with Gasteiger partial charge in [-0.25, -0.2) is 23.1 Å². The number of nitrogens with zero attached hydrogens (tertiary/aromatic N) is 6. The molecular formula is C30H29ClN6O2S. The van der Waals surface area contributed by atoms with Crippen LogP contribution in [0.5, 0.6) is 0 Å². The minimum absolute atomic E-state index is 0.250. The van der Waals surface area contributed by atoms with E-state index in [0.29, 0.717) is 49.9 Å². The SMILES string of the molecule is Cc1nn(-c2ccccc2)c2nc(Cc3ccccc3)nc(N3CCCN(S(=O)(=O)c4ccc(Cl)cc4)CC3)c12. The van der Waals surface area contributed by atoms with Crippen LogP contribution in [0.1, 0.15) is 23.5 Å². The Hall–Kier alpha value is -3.79. The summed E-state index contributed by atoms with van der Waals surface area (Å²) in [5.41, 5.74) is 3.61. The van der Waals surface area contributed by atoms with Crippen LogP contribution in [-0.4, -0.2) is 58.7 Å². The van der Waals surface area contributed by atoms with Crippen LogP contribution in [-0.2, 0) is 16.4 Å². The van der Waals surface area contributed by atoms with Crippen molar-refractivity contribution in [3.05, 3.63) is 107 Å². The fourth-order valence-electron chi connectivity index (χ4n) is 5.14. The molecule has 5 aromatic rings. The first-order valence-electron chi connectivity index (χ1n) is 13.3. The van der Waals surface area contributed by atoms with Gasteiger partial charge in [0.1, 0.15) is 11.6 Å². The van der Waals surface area contributed by atoms with Crippen LogP contribution in [0.25, 0.3) is 16.7 Å². The van der Waals surface area contributed by atoms with E-state index in [0.717, 1.165) is 33.8 Å². The van der Waals surface area contributed by atoms with Crippen LogP contribution in [0.2, 0.25) is 5.02 Å². The van der Waals surface area contributed by atoms with Crippen molar-refractivity contribution in [3.8, 4) is 5.69 Å². The summed E-state index contributed by atoms with van der Waals surface area (Å²) in [6.45, 7) is 3.91. The van der Waals surface area contributed by atoms with Crippen LogP contribution in [0.4, 0.5) is 5.82 Å². The molecule has 2 aromatic heterocycles. The second kappa shape index (κ2) is 11.0. The zero-order chi connectivity index (χ0) is 27.7. The Kier molecular flexibility index (Phi) is 7.27. The van der Waals surface area contributed by atoms with Gasteiger partial charge in [-0.1, -0.05) is 60.1 Å². The number of sulfonamides is 1. The maximum absolute atomic E-state index is 13.4. The highest BCUT2D eigenvalue weighted by atomic mass is 35.5. The van der Waals surface area contributed by atoms with Gasteiger partial charge in [0.15, 0.2) is 5.65 Å². The van der Waals surface area contributed by atoms with Crippen molar-refractivity contribution in [1.29, 1.82) is 0 Å². The lowest BCUT2D eigenvalue weighted by atomic mass is 10.1. The summed E-state index contributed by atoms with van der Waals surface area (Å²) < 4.78 is 30.2. The van der Waals surface area contributed by atoms with E-state index in [1.165, 1.54) is 0 Å². The Bertz CT molecular complexity index is 1740. The third-order valence-corrected chi connectivity index (χ3v) is 9.31. The van der Waals surface area contributed by atoms with Crippen molar-refractivity contribution in [2.24, 2.45) is 0 Å². The minimum Gasteiger partial charge on any atom is -0.355 e. The molecular weight excluding hydrogens is 544 g/mol. The molecule has 0 N–H and O–H groups in total. The smallest absolute Gasteiger partial charge is 0.243 e. The van der Waals surface area contributed by atoms with Gasteiger partial charge in [-0.3, -0.25) is 0 Å². The van der Waals surface area contributed by atoms with Gasteiger partial charge in [0.25, 0.3) is 0 Å². The first kappa shape index (κ1) is 26.4. The molecule has 3 aromatic carbocycles. The predicted molar refractivity (Wildman–Crippen MR) is 158 cm³/mol. The average molecular weight is 573 g/mol. The second-order valence-electron chi connectivity index (χ2n) is 9.86. The first-order chi connectivity index (χ1) is 19.4. The predicted octanol–water partition coefficient (Wildman–Crippen LogP) is 5.27. The van der Waals surface area contributed by atoms with E-state index in [9.17, 15) is 8.42 Å². The molecule has 3 heterocycles. The zero-order valence-electron chi connectivity index (χ0n) is 22.1. The van der Waals surface area contributed by atoms with E-state index < -0.39 is 10.0 Å². The molecule has 8 nitrogen and oxygen atoms in total. The van der Waals surface area contributed by atoms with Gasteiger partial charge in [0.2, 0.25) is 10.0 Å². The van der Waals surface area contributed by atoms with Gasteiger partial charge in [0, 0.05) is 37.6 Å². The number of benzene rings is 3. The Labute approximate surface area is 238 Å². The molecule has 0 radical (unpaired) electrons. The molecule has 1 aliphatic heterocycles. The molecule has 204 valence electrons. The van der Waals surface area contributed by atoms with E-state index >= 15 is 0 Å². The number of para-hydroxylation sites is 1. The maximum Gasteiger partial charge on any atom is 0.243 e. The summed E-state index contributed by atoms with van der Waals surface area (Å²) in [4.78, 5) is 12.5. The molecule has 40 heavy (non-hydrogen) atoms. The van der Waals surface area contributed by atoms with E-state index in [4.69, 9.17) is 26.7 Å². The number of aromatic nitrogens is 4.